The molecule has 1 saturated heterocycles. The van der Waals surface area contributed by atoms with Crippen molar-refractivity contribution in [3.8, 4) is 5.69 Å². The SMILES string of the molecule is OC(CF)(c1ccc2c(cnn2-c2ccccc2)c1)c1ccccc1CN1CCOCC1. The number of aromatic nitrogens is 2. The summed E-state index contributed by atoms with van der Waals surface area (Å²) in [5.74, 6) is 0. The van der Waals surface area contributed by atoms with Crippen molar-refractivity contribution in [2.24, 2.45) is 0 Å². The molecular weight excluding hydrogens is 405 g/mol. The normalized spacial score (nSPS) is 16.8. The van der Waals surface area contributed by atoms with Crippen molar-refractivity contribution in [3.63, 3.8) is 0 Å². The van der Waals surface area contributed by atoms with E-state index in [1.807, 2.05) is 71.4 Å². The van der Waals surface area contributed by atoms with Gasteiger partial charge in [-0.05, 0) is 41.0 Å². The topological polar surface area (TPSA) is 50.5 Å². The summed E-state index contributed by atoms with van der Waals surface area (Å²) in [6.45, 7) is 2.77. The first kappa shape index (κ1) is 20.8. The first-order chi connectivity index (χ1) is 15.7. The zero-order valence-electron chi connectivity index (χ0n) is 17.8. The first-order valence-corrected chi connectivity index (χ1v) is 10.9. The molecule has 3 aromatic carbocycles. The summed E-state index contributed by atoms with van der Waals surface area (Å²) in [6.07, 6.45) is 1.75. The molecule has 0 radical (unpaired) electrons. The molecule has 0 amide bonds. The second-order valence-electron chi connectivity index (χ2n) is 8.21. The van der Waals surface area contributed by atoms with E-state index in [4.69, 9.17) is 4.74 Å². The van der Waals surface area contributed by atoms with Gasteiger partial charge in [0.05, 0.1) is 30.6 Å². The van der Waals surface area contributed by atoms with Gasteiger partial charge in [-0.1, -0.05) is 48.5 Å². The molecule has 164 valence electrons. The molecule has 1 aliphatic rings. The van der Waals surface area contributed by atoms with Crippen LogP contribution in [0.1, 0.15) is 16.7 Å². The molecule has 4 aromatic rings. The van der Waals surface area contributed by atoms with E-state index in [0.29, 0.717) is 30.9 Å². The number of aliphatic hydroxyl groups is 1. The molecule has 0 spiro atoms. The van der Waals surface area contributed by atoms with Gasteiger partial charge in [0.2, 0.25) is 0 Å². The lowest BCUT2D eigenvalue weighted by atomic mass is 9.84. The van der Waals surface area contributed by atoms with Crippen LogP contribution in [-0.4, -0.2) is 52.8 Å². The molecule has 1 unspecified atom stereocenters. The number of para-hydroxylation sites is 1. The van der Waals surface area contributed by atoms with E-state index < -0.39 is 12.3 Å². The zero-order valence-corrected chi connectivity index (χ0v) is 17.8. The number of alkyl halides is 1. The number of hydrogen-bond acceptors (Lipinski definition) is 4. The fourth-order valence-corrected chi connectivity index (χ4v) is 4.43. The number of benzene rings is 3. The summed E-state index contributed by atoms with van der Waals surface area (Å²) in [5.41, 5.74) is 2.17. The Morgan fingerprint density at radius 3 is 2.50 bits per heavy atom. The van der Waals surface area contributed by atoms with Crippen molar-refractivity contribution in [1.82, 2.24) is 14.7 Å². The van der Waals surface area contributed by atoms with Crippen LogP contribution in [0.3, 0.4) is 0 Å². The third-order valence-corrected chi connectivity index (χ3v) is 6.20. The van der Waals surface area contributed by atoms with Crippen LogP contribution < -0.4 is 0 Å². The summed E-state index contributed by atoms with van der Waals surface area (Å²) in [6, 6.07) is 23.0. The maximum Gasteiger partial charge on any atom is 0.143 e. The van der Waals surface area contributed by atoms with Crippen LogP contribution >= 0.6 is 0 Å². The number of morpholine rings is 1. The van der Waals surface area contributed by atoms with Gasteiger partial charge in [0.15, 0.2) is 0 Å². The van der Waals surface area contributed by atoms with Gasteiger partial charge in [0.1, 0.15) is 12.3 Å². The fraction of sp³-hybridized carbons (Fsp3) is 0.269. The maximum absolute atomic E-state index is 14.5. The predicted octanol–water partition coefficient (Wildman–Crippen LogP) is 4.06. The quantitative estimate of drug-likeness (QED) is 0.500. The van der Waals surface area contributed by atoms with Crippen LogP contribution in [0.25, 0.3) is 16.6 Å². The van der Waals surface area contributed by atoms with Gasteiger partial charge >= 0.3 is 0 Å². The predicted molar refractivity (Wildman–Crippen MR) is 123 cm³/mol. The lowest BCUT2D eigenvalue weighted by molar-refractivity contribution is 0.0307. The summed E-state index contributed by atoms with van der Waals surface area (Å²) < 4.78 is 21.8. The molecule has 1 N–H and O–H groups in total. The summed E-state index contributed by atoms with van der Waals surface area (Å²) in [7, 11) is 0. The van der Waals surface area contributed by atoms with Crippen LogP contribution in [0.2, 0.25) is 0 Å². The smallest absolute Gasteiger partial charge is 0.143 e. The molecule has 6 heteroatoms. The Hall–Kier alpha value is -3.06. The molecule has 2 heterocycles. The monoisotopic (exact) mass is 431 g/mol. The van der Waals surface area contributed by atoms with E-state index in [9.17, 15) is 9.50 Å². The van der Waals surface area contributed by atoms with Crippen molar-refractivity contribution >= 4 is 10.9 Å². The molecule has 1 fully saturated rings. The van der Waals surface area contributed by atoms with E-state index in [-0.39, 0.29) is 0 Å². The molecular formula is C26H26FN3O2. The molecule has 5 nitrogen and oxygen atoms in total. The minimum absolute atomic E-state index is 0.523. The number of rotatable bonds is 6. The average Bonchev–Trinajstić information content (AvgIpc) is 3.28. The second kappa shape index (κ2) is 8.82. The van der Waals surface area contributed by atoms with Gasteiger partial charge in [0.25, 0.3) is 0 Å². The average molecular weight is 432 g/mol. The number of halogens is 1. The first-order valence-electron chi connectivity index (χ1n) is 10.9. The van der Waals surface area contributed by atoms with Crippen LogP contribution in [0.4, 0.5) is 4.39 Å². The third-order valence-electron chi connectivity index (χ3n) is 6.20. The Bertz CT molecular complexity index is 1200. The standard InChI is InChI=1S/C26H26FN3O2/c27-19-26(31,24-9-5-4-6-20(24)18-29-12-14-32-15-13-29)22-10-11-25-21(16-22)17-28-30(25)23-7-2-1-3-8-23/h1-11,16-17,31H,12-15,18-19H2. The number of ether oxygens (including phenoxy) is 1. The highest BCUT2D eigenvalue weighted by molar-refractivity contribution is 5.81. The lowest BCUT2D eigenvalue weighted by Crippen LogP contribution is -2.37. The van der Waals surface area contributed by atoms with Crippen molar-refractivity contribution < 1.29 is 14.2 Å². The van der Waals surface area contributed by atoms with Gasteiger partial charge in [-0.3, -0.25) is 4.90 Å². The molecule has 32 heavy (non-hydrogen) atoms. The van der Waals surface area contributed by atoms with E-state index in [0.717, 1.165) is 35.2 Å². The van der Waals surface area contributed by atoms with Crippen molar-refractivity contribution in [2.75, 3.05) is 33.0 Å². The Morgan fingerprint density at radius 2 is 1.72 bits per heavy atom. The van der Waals surface area contributed by atoms with Crippen molar-refractivity contribution in [2.45, 2.75) is 12.1 Å². The van der Waals surface area contributed by atoms with E-state index in [1.54, 1.807) is 12.3 Å². The summed E-state index contributed by atoms with van der Waals surface area (Å²) >= 11 is 0. The van der Waals surface area contributed by atoms with E-state index >= 15 is 0 Å². The van der Waals surface area contributed by atoms with Gasteiger partial charge in [-0.2, -0.15) is 5.10 Å². The minimum atomic E-state index is -1.73. The van der Waals surface area contributed by atoms with Gasteiger partial charge in [-0.25, -0.2) is 9.07 Å². The van der Waals surface area contributed by atoms with Gasteiger partial charge < -0.3 is 9.84 Å². The molecule has 0 saturated carbocycles. The van der Waals surface area contributed by atoms with E-state index in [2.05, 4.69) is 10.00 Å². The fourth-order valence-electron chi connectivity index (χ4n) is 4.43. The molecule has 5 rings (SSSR count). The second-order valence-corrected chi connectivity index (χ2v) is 8.21. The van der Waals surface area contributed by atoms with Crippen LogP contribution in [0, 0.1) is 0 Å². The molecule has 1 aromatic heterocycles. The third kappa shape index (κ3) is 3.81. The largest absolute Gasteiger partial charge is 0.379 e. The highest BCUT2D eigenvalue weighted by atomic mass is 19.1. The Kier molecular flexibility index (Phi) is 5.74. The zero-order chi connectivity index (χ0) is 22.0. The maximum atomic E-state index is 14.5. The highest BCUT2D eigenvalue weighted by Crippen LogP contribution is 2.35. The number of fused-ring (bicyclic) bond motifs is 1. The van der Waals surface area contributed by atoms with Crippen LogP contribution in [0.15, 0.2) is 79.0 Å². The Balaban J connectivity index is 1.53. The Labute approximate surface area is 186 Å². The molecule has 0 aliphatic carbocycles. The van der Waals surface area contributed by atoms with Crippen LogP contribution in [-0.2, 0) is 16.9 Å². The van der Waals surface area contributed by atoms with Crippen molar-refractivity contribution in [1.29, 1.82) is 0 Å². The number of nitrogens with zero attached hydrogens (tertiary/aromatic N) is 3. The van der Waals surface area contributed by atoms with Gasteiger partial charge in [0, 0.05) is 25.0 Å². The molecule has 1 atom stereocenters. The Morgan fingerprint density at radius 1 is 0.969 bits per heavy atom. The summed E-state index contributed by atoms with van der Waals surface area (Å²) in [5, 5.41) is 17.0. The lowest BCUT2D eigenvalue weighted by Gasteiger charge is -2.32. The van der Waals surface area contributed by atoms with Crippen LogP contribution in [0.5, 0.6) is 0 Å². The van der Waals surface area contributed by atoms with Gasteiger partial charge in [-0.15, -0.1) is 0 Å². The molecule has 1 aliphatic heterocycles. The van der Waals surface area contributed by atoms with E-state index in [1.165, 1.54) is 0 Å². The van der Waals surface area contributed by atoms with Crippen molar-refractivity contribution in [3.05, 3.63) is 95.7 Å². The number of hydrogen-bond donors (Lipinski definition) is 1. The minimum Gasteiger partial charge on any atom is -0.379 e. The highest BCUT2D eigenvalue weighted by Gasteiger charge is 2.34. The molecule has 0 bridgehead atoms. The summed E-state index contributed by atoms with van der Waals surface area (Å²) in [4.78, 5) is 2.27.